The number of benzene rings is 4. The van der Waals surface area contributed by atoms with Crippen molar-refractivity contribution in [3.63, 3.8) is 0 Å². The lowest BCUT2D eigenvalue weighted by molar-refractivity contribution is -0.113. The summed E-state index contributed by atoms with van der Waals surface area (Å²) < 4.78 is 5.20. The summed E-state index contributed by atoms with van der Waals surface area (Å²) in [7, 11) is 1.56. The number of anilines is 1. The smallest absolute Gasteiger partial charge is 0.272 e. The third-order valence-electron chi connectivity index (χ3n) is 5.54. The number of ether oxygens (including phenoxy) is 1. The van der Waals surface area contributed by atoms with Gasteiger partial charge >= 0.3 is 0 Å². The molecule has 8 heteroatoms. The topological polar surface area (TPSA) is 84.5 Å². The van der Waals surface area contributed by atoms with E-state index in [2.05, 4.69) is 10.6 Å². The van der Waals surface area contributed by atoms with Gasteiger partial charge in [-0.25, -0.2) is 0 Å². The predicted molar refractivity (Wildman–Crippen MR) is 156 cm³/mol. The zero-order valence-corrected chi connectivity index (χ0v) is 22.6. The van der Waals surface area contributed by atoms with E-state index in [1.54, 1.807) is 104 Å². The van der Waals surface area contributed by atoms with Crippen molar-refractivity contribution in [1.82, 2.24) is 5.32 Å². The van der Waals surface area contributed by atoms with Crippen LogP contribution in [0.5, 0.6) is 5.75 Å². The number of carbonyl (C=O) groups excluding carboxylic acids is 3. The largest absolute Gasteiger partial charge is 0.497 e. The van der Waals surface area contributed by atoms with Gasteiger partial charge in [0.25, 0.3) is 11.8 Å². The van der Waals surface area contributed by atoms with Crippen molar-refractivity contribution in [2.75, 3.05) is 18.2 Å². The van der Waals surface area contributed by atoms with Crippen LogP contribution in [0, 0.1) is 0 Å². The second-order valence-electron chi connectivity index (χ2n) is 8.36. The highest BCUT2D eigenvalue weighted by Gasteiger charge is 2.16. The molecule has 4 aromatic rings. The fraction of sp³-hybridized carbons (Fsp3) is 0.0645. The minimum absolute atomic E-state index is 0.0382. The number of thioether (sulfide) groups is 1. The Bertz CT molecular complexity index is 1520. The summed E-state index contributed by atoms with van der Waals surface area (Å²) in [5.74, 6) is -0.119. The number of nitrogens with one attached hydrogen (secondary N) is 2. The van der Waals surface area contributed by atoms with Gasteiger partial charge in [0, 0.05) is 26.7 Å². The van der Waals surface area contributed by atoms with E-state index in [0.29, 0.717) is 33.1 Å². The normalized spacial score (nSPS) is 11.0. The highest BCUT2D eigenvalue weighted by atomic mass is 35.5. The zero-order valence-electron chi connectivity index (χ0n) is 21.0. The highest BCUT2D eigenvalue weighted by Crippen LogP contribution is 2.24. The van der Waals surface area contributed by atoms with Crippen molar-refractivity contribution < 1.29 is 19.1 Å². The SMILES string of the molecule is COc1cccc(C(=O)CSc2cccc(NC(=O)/C(=C/c3cccc(Cl)c3)NC(=O)c3ccccc3)c2)c1. The molecule has 6 nitrogen and oxygen atoms in total. The first-order valence-corrected chi connectivity index (χ1v) is 13.3. The van der Waals surface area contributed by atoms with Crippen molar-refractivity contribution in [1.29, 1.82) is 0 Å². The van der Waals surface area contributed by atoms with Gasteiger partial charge in [-0.1, -0.05) is 60.1 Å². The van der Waals surface area contributed by atoms with Gasteiger partial charge in [0.2, 0.25) is 0 Å². The molecule has 0 unspecified atom stereocenters. The summed E-state index contributed by atoms with van der Waals surface area (Å²) in [6, 6.07) is 29.8. The number of Topliss-reactive ketones (excluding diaryl/α,β-unsaturated/α-hetero) is 1. The van der Waals surface area contributed by atoms with E-state index in [9.17, 15) is 14.4 Å². The highest BCUT2D eigenvalue weighted by molar-refractivity contribution is 8.00. The minimum atomic E-state index is -0.506. The maximum Gasteiger partial charge on any atom is 0.272 e. The number of hydrogen-bond donors (Lipinski definition) is 2. The van der Waals surface area contributed by atoms with Crippen molar-refractivity contribution in [3.05, 3.63) is 131 Å². The molecule has 0 saturated carbocycles. The van der Waals surface area contributed by atoms with Crippen LogP contribution in [0.1, 0.15) is 26.3 Å². The third-order valence-corrected chi connectivity index (χ3v) is 6.77. The molecule has 0 aliphatic heterocycles. The van der Waals surface area contributed by atoms with Crippen LogP contribution in [0.25, 0.3) is 6.08 Å². The van der Waals surface area contributed by atoms with Crippen molar-refractivity contribution in [2.45, 2.75) is 4.90 Å². The monoisotopic (exact) mass is 556 g/mol. The fourth-order valence-electron chi connectivity index (χ4n) is 3.60. The van der Waals surface area contributed by atoms with E-state index in [1.165, 1.54) is 11.8 Å². The standard InChI is InChI=1S/C31H25ClN2O4S/c1-38-26-14-6-11-23(18-26)29(35)20-39-27-15-7-13-25(19-27)33-31(37)28(17-21-8-5-12-24(32)16-21)34-30(36)22-9-3-2-4-10-22/h2-19H,20H2,1H3,(H,33,37)(H,34,36)/b28-17-. The van der Waals surface area contributed by atoms with Crippen LogP contribution < -0.4 is 15.4 Å². The van der Waals surface area contributed by atoms with E-state index in [-0.39, 0.29) is 17.2 Å². The molecule has 2 amide bonds. The van der Waals surface area contributed by atoms with Gasteiger partial charge in [0.15, 0.2) is 5.78 Å². The van der Waals surface area contributed by atoms with Crippen LogP contribution in [0.3, 0.4) is 0 Å². The summed E-state index contributed by atoms with van der Waals surface area (Å²) in [5.41, 5.74) is 2.21. The number of carbonyl (C=O) groups is 3. The van der Waals surface area contributed by atoms with Gasteiger partial charge in [-0.15, -0.1) is 11.8 Å². The molecule has 0 bridgehead atoms. The van der Waals surface area contributed by atoms with Gasteiger partial charge in [-0.2, -0.15) is 0 Å². The maximum atomic E-state index is 13.3. The molecule has 0 atom stereocenters. The van der Waals surface area contributed by atoms with E-state index >= 15 is 0 Å². The summed E-state index contributed by atoms with van der Waals surface area (Å²) in [6.07, 6.45) is 1.56. The second-order valence-corrected chi connectivity index (χ2v) is 9.84. The number of methoxy groups -OCH3 is 1. The summed E-state index contributed by atoms with van der Waals surface area (Å²) in [5, 5.41) is 6.05. The third kappa shape index (κ3) is 8.07. The van der Waals surface area contributed by atoms with Crippen molar-refractivity contribution >= 4 is 52.7 Å². The molecule has 0 spiro atoms. The number of rotatable bonds is 10. The Hall–Kier alpha value is -4.33. The molecule has 196 valence electrons. The average Bonchev–Trinajstić information content (AvgIpc) is 2.96. The molecule has 0 aliphatic rings. The van der Waals surface area contributed by atoms with Crippen LogP contribution in [-0.4, -0.2) is 30.5 Å². The molecule has 0 radical (unpaired) electrons. The van der Waals surface area contributed by atoms with Crippen molar-refractivity contribution in [3.8, 4) is 5.75 Å². The number of ketones is 1. The molecule has 0 fully saturated rings. The molecule has 4 aromatic carbocycles. The molecular formula is C31H25ClN2O4S. The van der Waals surface area contributed by atoms with Crippen LogP contribution in [-0.2, 0) is 4.79 Å². The molecule has 0 heterocycles. The number of amides is 2. The summed E-state index contributed by atoms with van der Waals surface area (Å²) >= 11 is 7.47. The Morgan fingerprint density at radius 3 is 2.36 bits per heavy atom. The van der Waals surface area contributed by atoms with E-state index in [4.69, 9.17) is 16.3 Å². The Morgan fingerprint density at radius 1 is 0.846 bits per heavy atom. The lowest BCUT2D eigenvalue weighted by atomic mass is 10.1. The van der Waals surface area contributed by atoms with Crippen LogP contribution in [0.4, 0.5) is 5.69 Å². The lowest BCUT2D eigenvalue weighted by Crippen LogP contribution is -2.30. The molecule has 0 aliphatic carbocycles. The van der Waals surface area contributed by atoms with Crippen LogP contribution in [0.15, 0.2) is 114 Å². The number of halogens is 1. The van der Waals surface area contributed by atoms with E-state index in [0.717, 1.165) is 4.90 Å². The van der Waals surface area contributed by atoms with Gasteiger partial charge in [0.05, 0.1) is 12.9 Å². The molecule has 0 saturated heterocycles. The second kappa shape index (κ2) is 13.5. The van der Waals surface area contributed by atoms with E-state index in [1.807, 2.05) is 12.1 Å². The Balaban J connectivity index is 1.48. The first-order valence-electron chi connectivity index (χ1n) is 12.0. The van der Waals surface area contributed by atoms with Crippen LogP contribution >= 0.6 is 23.4 Å². The number of hydrogen-bond acceptors (Lipinski definition) is 5. The van der Waals surface area contributed by atoms with E-state index < -0.39 is 11.8 Å². The fourth-order valence-corrected chi connectivity index (χ4v) is 4.64. The van der Waals surface area contributed by atoms with Crippen LogP contribution in [0.2, 0.25) is 5.02 Å². The Kier molecular flexibility index (Phi) is 9.56. The molecule has 0 aromatic heterocycles. The molecule has 39 heavy (non-hydrogen) atoms. The Labute approximate surface area is 236 Å². The first kappa shape index (κ1) is 27.7. The van der Waals surface area contributed by atoms with Gasteiger partial charge in [0.1, 0.15) is 11.4 Å². The van der Waals surface area contributed by atoms with Crippen molar-refractivity contribution in [2.24, 2.45) is 0 Å². The average molecular weight is 557 g/mol. The lowest BCUT2D eigenvalue weighted by Gasteiger charge is -2.12. The minimum Gasteiger partial charge on any atom is -0.497 e. The molecule has 2 N–H and O–H groups in total. The first-order chi connectivity index (χ1) is 18.9. The van der Waals surface area contributed by atoms with Gasteiger partial charge in [-0.3, -0.25) is 14.4 Å². The molecular weight excluding hydrogens is 532 g/mol. The summed E-state index contributed by atoms with van der Waals surface area (Å²) in [6.45, 7) is 0. The van der Waals surface area contributed by atoms with Gasteiger partial charge in [-0.05, 0) is 66.2 Å². The predicted octanol–water partition coefficient (Wildman–Crippen LogP) is 6.73. The quantitative estimate of drug-likeness (QED) is 0.128. The Morgan fingerprint density at radius 2 is 1.59 bits per heavy atom. The summed E-state index contributed by atoms with van der Waals surface area (Å²) in [4.78, 5) is 39.6. The van der Waals surface area contributed by atoms with Gasteiger partial charge < -0.3 is 15.4 Å². The molecule has 4 rings (SSSR count). The zero-order chi connectivity index (χ0) is 27.6. The maximum absolute atomic E-state index is 13.3.